The summed E-state index contributed by atoms with van der Waals surface area (Å²) in [6.07, 6.45) is 1.01. The van der Waals surface area contributed by atoms with E-state index in [1.165, 1.54) is 0 Å². The molecule has 0 radical (unpaired) electrons. The van der Waals surface area contributed by atoms with Crippen molar-refractivity contribution in [2.24, 2.45) is 5.92 Å². The van der Waals surface area contributed by atoms with E-state index >= 15 is 0 Å². The normalized spacial score (nSPS) is 20.4. The summed E-state index contributed by atoms with van der Waals surface area (Å²) in [4.78, 5) is 16.0. The van der Waals surface area contributed by atoms with Crippen LogP contribution in [-0.4, -0.2) is 33.8 Å². The lowest BCUT2D eigenvalue weighted by Gasteiger charge is -2.22. The third-order valence-electron chi connectivity index (χ3n) is 4.17. The number of para-hydroxylation sites is 1. The zero-order valence-corrected chi connectivity index (χ0v) is 11.7. The van der Waals surface area contributed by atoms with Crippen LogP contribution in [-0.2, 0) is 4.74 Å². The molecule has 0 bridgehead atoms. The van der Waals surface area contributed by atoms with Crippen molar-refractivity contribution in [3.63, 3.8) is 0 Å². The van der Waals surface area contributed by atoms with Crippen LogP contribution in [0.15, 0.2) is 18.2 Å². The van der Waals surface area contributed by atoms with Gasteiger partial charge in [-0.25, -0.2) is 9.78 Å². The van der Waals surface area contributed by atoms with Gasteiger partial charge in [-0.15, -0.1) is 0 Å². The number of fused-ring (bicyclic) bond motifs is 1. The summed E-state index contributed by atoms with van der Waals surface area (Å²) in [6, 6.07) is 5.43. The number of hydrogen-bond donors (Lipinski definition) is 1. The van der Waals surface area contributed by atoms with Crippen LogP contribution in [0.5, 0.6) is 0 Å². The molecule has 2 unspecified atom stereocenters. The number of carboxylic acid groups (broad SMARTS) is 1. The second-order valence-corrected chi connectivity index (χ2v) is 5.37. The summed E-state index contributed by atoms with van der Waals surface area (Å²) in [5.41, 5.74) is 1.78. The first-order chi connectivity index (χ1) is 9.59. The van der Waals surface area contributed by atoms with Crippen LogP contribution in [0.3, 0.4) is 0 Å². The maximum Gasteiger partial charge on any atom is 0.337 e. The molecule has 1 aromatic heterocycles. The number of benzene rings is 1. The smallest absolute Gasteiger partial charge is 0.337 e. The first-order valence-corrected chi connectivity index (χ1v) is 6.88. The third-order valence-corrected chi connectivity index (χ3v) is 4.17. The van der Waals surface area contributed by atoms with E-state index in [0.717, 1.165) is 36.5 Å². The van der Waals surface area contributed by atoms with Crippen LogP contribution in [0.1, 0.15) is 35.6 Å². The van der Waals surface area contributed by atoms with Crippen molar-refractivity contribution >= 4 is 17.0 Å². The second kappa shape index (κ2) is 4.90. The number of nitrogens with zero attached hydrogens (tertiary/aromatic N) is 2. The third kappa shape index (κ3) is 1.98. The fourth-order valence-corrected chi connectivity index (χ4v) is 3.08. The number of ether oxygens (including phenoxy) is 1. The Hall–Kier alpha value is -1.88. The van der Waals surface area contributed by atoms with Gasteiger partial charge in [0.05, 0.1) is 23.2 Å². The summed E-state index contributed by atoms with van der Waals surface area (Å²) in [6.45, 7) is 5.56. The first-order valence-electron chi connectivity index (χ1n) is 6.88. The average molecular weight is 274 g/mol. The lowest BCUT2D eigenvalue weighted by atomic mass is 10.00. The van der Waals surface area contributed by atoms with Gasteiger partial charge in [0.15, 0.2) is 0 Å². The number of carbonyl (C=O) groups is 1. The number of carboxylic acids is 1. The highest BCUT2D eigenvalue weighted by Crippen LogP contribution is 2.31. The number of rotatable bonds is 3. The van der Waals surface area contributed by atoms with E-state index in [-0.39, 0.29) is 6.04 Å². The molecule has 20 heavy (non-hydrogen) atoms. The van der Waals surface area contributed by atoms with Crippen molar-refractivity contribution in [1.82, 2.24) is 9.55 Å². The Morgan fingerprint density at radius 2 is 2.35 bits per heavy atom. The maximum atomic E-state index is 11.5. The SMILES string of the molecule is Cc1nc2cccc(C(=O)O)c2n1C(C)C1CCOC1. The van der Waals surface area contributed by atoms with E-state index in [9.17, 15) is 9.90 Å². The molecule has 2 aromatic rings. The number of aromatic carboxylic acids is 1. The monoisotopic (exact) mass is 274 g/mol. The standard InChI is InChI=1S/C15H18N2O3/c1-9(11-6-7-20-8-11)17-10(2)16-13-5-3-4-12(14(13)17)15(18)19/h3-5,9,11H,6-8H2,1-2H3,(H,18,19). The number of aromatic nitrogens is 2. The van der Waals surface area contributed by atoms with Gasteiger partial charge < -0.3 is 14.4 Å². The van der Waals surface area contributed by atoms with E-state index in [1.807, 2.05) is 13.0 Å². The molecular formula is C15H18N2O3. The highest BCUT2D eigenvalue weighted by atomic mass is 16.5. The highest BCUT2D eigenvalue weighted by molar-refractivity contribution is 6.01. The van der Waals surface area contributed by atoms with Crippen LogP contribution in [0.4, 0.5) is 0 Å². The van der Waals surface area contributed by atoms with E-state index < -0.39 is 5.97 Å². The molecule has 1 aliphatic heterocycles. The number of imidazole rings is 1. The summed E-state index contributed by atoms with van der Waals surface area (Å²) in [7, 11) is 0. The van der Waals surface area contributed by atoms with Crippen LogP contribution < -0.4 is 0 Å². The molecule has 2 atom stereocenters. The Kier molecular flexibility index (Phi) is 3.22. The van der Waals surface area contributed by atoms with Gasteiger partial charge in [0.2, 0.25) is 0 Å². The van der Waals surface area contributed by atoms with Crippen LogP contribution in [0, 0.1) is 12.8 Å². The van der Waals surface area contributed by atoms with Crippen molar-refractivity contribution in [3.8, 4) is 0 Å². The van der Waals surface area contributed by atoms with Crippen LogP contribution in [0.2, 0.25) is 0 Å². The Balaban J connectivity index is 2.18. The van der Waals surface area contributed by atoms with E-state index in [4.69, 9.17) is 4.74 Å². The van der Waals surface area contributed by atoms with Crippen LogP contribution in [0.25, 0.3) is 11.0 Å². The highest BCUT2D eigenvalue weighted by Gasteiger charge is 2.27. The average Bonchev–Trinajstić information content (AvgIpc) is 3.03. The molecule has 2 heterocycles. The molecule has 0 saturated carbocycles. The minimum absolute atomic E-state index is 0.183. The molecule has 0 aliphatic carbocycles. The van der Waals surface area contributed by atoms with Gasteiger partial charge >= 0.3 is 5.97 Å². The van der Waals surface area contributed by atoms with Crippen molar-refractivity contribution < 1.29 is 14.6 Å². The van der Waals surface area contributed by atoms with Crippen molar-refractivity contribution in [2.45, 2.75) is 26.3 Å². The predicted molar refractivity (Wildman–Crippen MR) is 75.1 cm³/mol. The van der Waals surface area contributed by atoms with Crippen molar-refractivity contribution in [2.75, 3.05) is 13.2 Å². The van der Waals surface area contributed by atoms with E-state index in [0.29, 0.717) is 11.5 Å². The molecule has 1 saturated heterocycles. The summed E-state index contributed by atoms with van der Waals surface area (Å²) < 4.78 is 7.51. The minimum atomic E-state index is -0.911. The maximum absolute atomic E-state index is 11.5. The largest absolute Gasteiger partial charge is 0.478 e. The van der Waals surface area contributed by atoms with Gasteiger partial charge in [0.1, 0.15) is 5.82 Å². The molecular weight excluding hydrogens is 256 g/mol. The molecule has 0 amide bonds. The second-order valence-electron chi connectivity index (χ2n) is 5.37. The number of aryl methyl sites for hydroxylation is 1. The number of hydrogen-bond acceptors (Lipinski definition) is 3. The van der Waals surface area contributed by atoms with Gasteiger partial charge in [-0.2, -0.15) is 0 Å². The molecule has 3 rings (SSSR count). The molecule has 5 heteroatoms. The van der Waals surface area contributed by atoms with Gasteiger partial charge in [-0.05, 0) is 32.4 Å². The predicted octanol–water partition coefficient (Wildman–Crippen LogP) is 2.64. The molecule has 1 N–H and O–H groups in total. The lowest BCUT2D eigenvalue weighted by molar-refractivity contribution is 0.0698. The van der Waals surface area contributed by atoms with Gasteiger partial charge in [0, 0.05) is 18.6 Å². The Labute approximate surface area is 117 Å². The molecule has 1 fully saturated rings. The zero-order valence-electron chi connectivity index (χ0n) is 11.7. The van der Waals surface area contributed by atoms with Crippen molar-refractivity contribution in [3.05, 3.63) is 29.6 Å². The topological polar surface area (TPSA) is 64.3 Å². The lowest BCUT2D eigenvalue weighted by Crippen LogP contribution is -2.19. The van der Waals surface area contributed by atoms with Gasteiger partial charge in [0.25, 0.3) is 0 Å². The summed E-state index contributed by atoms with van der Waals surface area (Å²) in [5.74, 6) is 0.354. The van der Waals surface area contributed by atoms with Crippen molar-refractivity contribution in [1.29, 1.82) is 0 Å². The molecule has 1 aromatic carbocycles. The summed E-state index contributed by atoms with van der Waals surface area (Å²) in [5, 5.41) is 9.40. The van der Waals surface area contributed by atoms with Gasteiger partial charge in [-0.3, -0.25) is 0 Å². The molecule has 5 nitrogen and oxygen atoms in total. The first kappa shape index (κ1) is 13.1. The fraction of sp³-hybridized carbons (Fsp3) is 0.467. The Morgan fingerprint density at radius 3 is 3.00 bits per heavy atom. The fourth-order valence-electron chi connectivity index (χ4n) is 3.08. The summed E-state index contributed by atoms with van der Waals surface area (Å²) >= 11 is 0. The Morgan fingerprint density at radius 1 is 1.55 bits per heavy atom. The van der Waals surface area contributed by atoms with Gasteiger partial charge in [-0.1, -0.05) is 6.07 Å². The molecule has 0 spiro atoms. The molecule has 1 aliphatic rings. The zero-order chi connectivity index (χ0) is 14.3. The molecule has 106 valence electrons. The van der Waals surface area contributed by atoms with E-state index in [2.05, 4.69) is 16.5 Å². The Bertz CT molecular complexity index is 656. The van der Waals surface area contributed by atoms with E-state index in [1.54, 1.807) is 12.1 Å². The van der Waals surface area contributed by atoms with Crippen LogP contribution >= 0.6 is 0 Å². The minimum Gasteiger partial charge on any atom is -0.478 e. The quantitative estimate of drug-likeness (QED) is 0.934.